The van der Waals surface area contributed by atoms with Gasteiger partial charge in [0.1, 0.15) is 6.04 Å². The molecule has 0 saturated carbocycles. The molecule has 0 fully saturated rings. The second-order valence-corrected chi connectivity index (χ2v) is 11.7. The van der Waals surface area contributed by atoms with Crippen molar-refractivity contribution in [3.63, 3.8) is 0 Å². The topological polar surface area (TPSA) is 95.5 Å². The van der Waals surface area contributed by atoms with Crippen molar-refractivity contribution in [1.82, 2.24) is 5.32 Å². The highest BCUT2D eigenvalue weighted by atomic mass is 35.5. The molecule has 1 aliphatic rings. The van der Waals surface area contributed by atoms with Crippen LogP contribution >= 0.6 is 11.6 Å². The summed E-state index contributed by atoms with van der Waals surface area (Å²) in [6.45, 7) is 0.422. The minimum Gasteiger partial charge on any atom is -0.369 e. The Morgan fingerprint density at radius 3 is 2.15 bits per heavy atom. The largest absolute Gasteiger partial charge is 0.430 e. The predicted molar refractivity (Wildman–Crippen MR) is 136 cm³/mol. The Morgan fingerprint density at radius 1 is 0.975 bits per heavy atom. The average Bonchev–Trinajstić information content (AvgIpc) is 2.86. The van der Waals surface area contributed by atoms with Crippen molar-refractivity contribution >= 4 is 33.0 Å². The summed E-state index contributed by atoms with van der Waals surface area (Å²) in [5.74, 6) is -0.459. The summed E-state index contributed by atoms with van der Waals surface area (Å²) < 4.78 is 103. The van der Waals surface area contributed by atoms with Gasteiger partial charge in [-0.2, -0.15) is 26.3 Å². The molecule has 0 radical (unpaired) electrons. The molecule has 214 valence electrons. The van der Waals surface area contributed by atoms with E-state index in [9.17, 15) is 44.7 Å². The summed E-state index contributed by atoms with van der Waals surface area (Å²) in [6, 6.07) is 10.9. The molecule has 1 amide bonds. The highest BCUT2D eigenvalue weighted by Crippen LogP contribution is 2.50. The van der Waals surface area contributed by atoms with E-state index in [4.69, 9.17) is 11.6 Å². The molecule has 1 unspecified atom stereocenters. The predicted octanol–water partition coefficient (Wildman–Crippen LogP) is 5.55. The average molecular weight is 607 g/mol. The minimum absolute atomic E-state index is 0.0438. The number of rotatable bonds is 5. The highest BCUT2D eigenvalue weighted by molar-refractivity contribution is 7.90. The molecular formula is C26H21ClF6N2O4S. The fraction of sp³-hybridized carbons (Fsp3) is 0.269. The van der Waals surface area contributed by atoms with Crippen LogP contribution in [0, 0.1) is 0 Å². The van der Waals surface area contributed by atoms with Gasteiger partial charge >= 0.3 is 12.4 Å². The number of hydrogen-bond donors (Lipinski definition) is 3. The van der Waals surface area contributed by atoms with Gasteiger partial charge in [0.2, 0.25) is 5.91 Å². The van der Waals surface area contributed by atoms with Crippen molar-refractivity contribution in [3.05, 3.63) is 82.4 Å². The Hall–Kier alpha value is -3.13. The van der Waals surface area contributed by atoms with E-state index in [1.807, 2.05) is 0 Å². The summed E-state index contributed by atoms with van der Waals surface area (Å²) in [5.41, 5.74) is -4.45. The van der Waals surface area contributed by atoms with Crippen LogP contribution in [0.25, 0.3) is 11.1 Å². The number of anilines is 1. The van der Waals surface area contributed by atoms with E-state index in [2.05, 4.69) is 10.6 Å². The van der Waals surface area contributed by atoms with Crippen molar-refractivity contribution in [1.29, 1.82) is 0 Å². The molecule has 6 nitrogen and oxygen atoms in total. The molecule has 1 heterocycles. The SMILES string of the molecule is CS(=O)(=O)c1ccc2c(c1)CCNC2C(=O)Nc1ccc(-c2ccc(C(O)(C(F)(F)F)C(F)(F)F)cc2)c(Cl)c1. The second kappa shape index (κ2) is 10.4. The lowest BCUT2D eigenvalue weighted by Crippen LogP contribution is -2.53. The van der Waals surface area contributed by atoms with Gasteiger partial charge in [-0.1, -0.05) is 48.0 Å². The zero-order valence-corrected chi connectivity index (χ0v) is 22.1. The molecule has 0 bridgehead atoms. The Labute approximate surface area is 229 Å². The maximum Gasteiger partial charge on any atom is 0.430 e. The van der Waals surface area contributed by atoms with Crippen molar-refractivity contribution in [2.75, 3.05) is 18.1 Å². The van der Waals surface area contributed by atoms with Gasteiger partial charge in [0.05, 0.1) is 9.92 Å². The first kappa shape index (κ1) is 29.8. The van der Waals surface area contributed by atoms with Crippen molar-refractivity contribution in [3.8, 4) is 11.1 Å². The minimum atomic E-state index is -6.01. The maximum atomic E-state index is 13.1. The number of carbonyl (C=O) groups excluding carboxylic acids is 1. The number of benzene rings is 3. The standard InChI is InChI=1S/C26H21ClF6N2O4S/c1-40(38,39)18-7-9-20-15(12-18)10-11-34-22(20)23(36)35-17-6-8-19(21(27)13-17)14-2-4-16(5-3-14)24(37,25(28,29)30)26(31,32)33/h2-9,12-13,22,34,37H,10-11H2,1H3,(H,35,36). The summed E-state index contributed by atoms with van der Waals surface area (Å²) in [7, 11) is -3.43. The summed E-state index contributed by atoms with van der Waals surface area (Å²) in [6.07, 6.45) is -10.4. The van der Waals surface area contributed by atoms with Crippen LogP contribution in [-0.4, -0.2) is 44.6 Å². The third kappa shape index (κ3) is 5.55. The van der Waals surface area contributed by atoms with Crippen molar-refractivity contribution in [2.24, 2.45) is 0 Å². The number of alkyl halides is 6. The molecule has 4 rings (SSSR count). The number of sulfone groups is 1. The number of carbonyl (C=O) groups is 1. The van der Waals surface area contributed by atoms with Crippen LogP contribution in [0.15, 0.2) is 65.6 Å². The molecule has 1 atom stereocenters. The van der Waals surface area contributed by atoms with Crippen molar-refractivity contribution < 1.29 is 44.7 Å². The van der Waals surface area contributed by atoms with Gasteiger partial charge < -0.3 is 15.7 Å². The Morgan fingerprint density at radius 2 is 1.60 bits per heavy atom. The maximum absolute atomic E-state index is 13.1. The fourth-order valence-corrected chi connectivity index (χ4v) is 5.39. The third-order valence-corrected chi connectivity index (χ3v) is 7.95. The molecule has 0 aliphatic carbocycles. The highest BCUT2D eigenvalue weighted by Gasteiger charge is 2.71. The van der Waals surface area contributed by atoms with E-state index in [0.29, 0.717) is 36.2 Å². The van der Waals surface area contributed by atoms with Gasteiger partial charge in [-0.25, -0.2) is 8.42 Å². The van der Waals surface area contributed by atoms with Gasteiger partial charge in [0, 0.05) is 29.6 Å². The fourth-order valence-electron chi connectivity index (χ4n) is 4.43. The lowest BCUT2D eigenvalue weighted by atomic mass is 9.90. The van der Waals surface area contributed by atoms with Crippen LogP contribution in [-0.2, 0) is 26.7 Å². The zero-order valence-electron chi connectivity index (χ0n) is 20.5. The summed E-state index contributed by atoms with van der Waals surface area (Å²) in [4.78, 5) is 13.2. The van der Waals surface area contributed by atoms with Gasteiger partial charge in [0.25, 0.3) is 5.60 Å². The van der Waals surface area contributed by atoms with E-state index in [1.54, 1.807) is 6.07 Å². The van der Waals surface area contributed by atoms with E-state index in [-0.39, 0.29) is 26.7 Å². The number of amides is 1. The molecule has 40 heavy (non-hydrogen) atoms. The molecule has 3 N–H and O–H groups in total. The second-order valence-electron chi connectivity index (χ2n) is 9.24. The lowest BCUT2D eigenvalue weighted by Gasteiger charge is -2.32. The normalized spacial score (nSPS) is 16.4. The van der Waals surface area contributed by atoms with Gasteiger partial charge in [-0.15, -0.1) is 0 Å². The number of aliphatic hydroxyl groups is 1. The number of hydrogen-bond acceptors (Lipinski definition) is 5. The van der Waals surface area contributed by atoms with Crippen LogP contribution < -0.4 is 10.6 Å². The van der Waals surface area contributed by atoms with Crippen LogP contribution in [0.1, 0.15) is 22.7 Å². The monoisotopic (exact) mass is 606 g/mol. The Balaban J connectivity index is 1.55. The Bertz CT molecular complexity index is 1540. The van der Waals surface area contributed by atoms with E-state index >= 15 is 0 Å². The first-order valence-corrected chi connectivity index (χ1v) is 13.8. The molecule has 1 aliphatic heterocycles. The number of nitrogens with one attached hydrogen (secondary N) is 2. The smallest absolute Gasteiger partial charge is 0.369 e. The third-order valence-electron chi connectivity index (χ3n) is 6.53. The van der Waals surface area contributed by atoms with Crippen LogP contribution in [0.4, 0.5) is 32.0 Å². The molecule has 3 aromatic rings. The number of halogens is 7. The van der Waals surface area contributed by atoms with E-state index in [0.717, 1.165) is 18.4 Å². The first-order chi connectivity index (χ1) is 18.4. The molecule has 0 spiro atoms. The number of fused-ring (bicyclic) bond motifs is 1. The van der Waals surface area contributed by atoms with Gasteiger partial charge in [-0.05, 0) is 47.4 Å². The van der Waals surface area contributed by atoms with Crippen LogP contribution in [0.5, 0.6) is 0 Å². The molecule has 14 heteroatoms. The van der Waals surface area contributed by atoms with E-state index in [1.165, 1.54) is 30.3 Å². The molecular weight excluding hydrogens is 586 g/mol. The first-order valence-electron chi connectivity index (χ1n) is 11.6. The zero-order chi connectivity index (χ0) is 29.7. The molecule has 3 aromatic carbocycles. The lowest BCUT2D eigenvalue weighted by molar-refractivity contribution is -0.376. The summed E-state index contributed by atoms with van der Waals surface area (Å²) >= 11 is 6.32. The Kier molecular flexibility index (Phi) is 7.73. The van der Waals surface area contributed by atoms with Crippen LogP contribution in [0.3, 0.4) is 0 Å². The van der Waals surface area contributed by atoms with Gasteiger partial charge in [0.15, 0.2) is 9.84 Å². The van der Waals surface area contributed by atoms with Crippen molar-refractivity contribution in [2.45, 2.75) is 35.3 Å². The summed E-state index contributed by atoms with van der Waals surface area (Å²) in [5, 5.41) is 15.4. The molecule has 0 saturated heterocycles. The quantitative estimate of drug-likeness (QED) is 0.331. The van der Waals surface area contributed by atoms with Crippen LogP contribution in [0.2, 0.25) is 5.02 Å². The molecule has 0 aromatic heterocycles. The van der Waals surface area contributed by atoms with Gasteiger partial charge in [-0.3, -0.25) is 4.79 Å². The van der Waals surface area contributed by atoms with E-state index < -0.39 is 45.3 Å².